The SMILES string of the molecule is Cl.O=C(CC1CCCN1)NCc1cccc(S(=O)(=O)N2CCCCC2)c1. The van der Waals surface area contributed by atoms with Gasteiger partial charge < -0.3 is 10.6 Å². The quantitative estimate of drug-likeness (QED) is 0.764. The molecular weight excluding hydrogens is 374 g/mol. The van der Waals surface area contributed by atoms with Crippen molar-refractivity contribution in [3.05, 3.63) is 29.8 Å². The molecule has 1 amide bonds. The number of benzene rings is 1. The fourth-order valence-corrected chi connectivity index (χ4v) is 5.09. The maximum Gasteiger partial charge on any atom is 0.243 e. The number of nitrogens with zero attached hydrogens (tertiary/aromatic N) is 1. The minimum atomic E-state index is -3.43. The molecule has 2 N–H and O–H groups in total. The molecule has 0 radical (unpaired) electrons. The molecule has 2 heterocycles. The second kappa shape index (κ2) is 9.69. The van der Waals surface area contributed by atoms with Gasteiger partial charge in [-0.1, -0.05) is 18.6 Å². The summed E-state index contributed by atoms with van der Waals surface area (Å²) in [5.41, 5.74) is 0.811. The average molecular weight is 402 g/mol. The molecule has 2 saturated heterocycles. The van der Waals surface area contributed by atoms with E-state index >= 15 is 0 Å². The van der Waals surface area contributed by atoms with Gasteiger partial charge in [0.1, 0.15) is 0 Å². The van der Waals surface area contributed by atoms with E-state index in [-0.39, 0.29) is 24.4 Å². The zero-order valence-corrected chi connectivity index (χ0v) is 16.6. The third-order valence-electron chi connectivity index (χ3n) is 4.94. The molecule has 146 valence electrons. The van der Waals surface area contributed by atoms with Crippen LogP contribution < -0.4 is 10.6 Å². The molecule has 6 nitrogen and oxygen atoms in total. The van der Waals surface area contributed by atoms with Gasteiger partial charge >= 0.3 is 0 Å². The third kappa shape index (κ3) is 5.42. The lowest BCUT2D eigenvalue weighted by Crippen LogP contribution is -2.35. The summed E-state index contributed by atoms with van der Waals surface area (Å²) < 4.78 is 27.0. The van der Waals surface area contributed by atoms with Crippen molar-refractivity contribution in [2.24, 2.45) is 0 Å². The third-order valence-corrected chi connectivity index (χ3v) is 6.83. The van der Waals surface area contributed by atoms with Crippen molar-refractivity contribution in [2.45, 2.75) is 56.0 Å². The second-order valence-corrected chi connectivity index (χ2v) is 8.82. The van der Waals surface area contributed by atoms with Crippen molar-refractivity contribution in [2.75, 3.05) is 19.6 Å². The molecule has 0 spiro atoms. The smallest absolute Gasteiger partial charge is 0.243 e. The highest BCUT2D eigenvalue weighted by Crippen LogP contribution is 2.21. The number of piperidine rings is 1. The zero-order valence-electron chi connectivity index (χ0n) is 14.9. The predicted octanol–water partition coefficient (Wildman–Crippen LogP) is 2.04. The highest BCUT2D eigenvalue weighted by Gasteiger charge is 2.26. The number of rotatable bonds is 6. The van der Waals surface area contributed by atoms with Gasteiger partial charge in [-0.05, 0) is 49.9 Å². The molecule has 2 aliphatic heterocycles. The van der Waals surface area contributed by atoms with Gasteiger partial charge in [0.2, 0.25) is 15.9 Å². The van der Waals surface area contributed by atoms with Crippen molar-refractivity contribution < 1.29 is 13.2 Å². The summed E-state index contributed by atoms with van der Waals surface area (Å²) in [4.78, 5) is 12.3. The van der Waals surface area contributed by atoms with Crippen LogP contribution in [0.2, 0.25) is 0 Å². The van der Waals surface area contributed by atoms with Crippen LogP contribution in [-0.2, 0) is 21.4 Å². The molecule has 1 unspecified atom stereocenters. The molecular formula is C18H28ClN3O3S. The first kappa shape index (κ1) is 21.2. The molecule has 1 aromatic carbocycles. The lowest BCUT2D eigenvalue weighted by molar-refractivity contribution is -0.121. The lowest BCUT2D eigenvalue weighted by Gasteiger charge is -2.26. The first-order valence-corrected chi connectivity index (χ1v) is 10.6. The second-order valence-electron chi connectivity index (χ2n) is 6.89. The number of halogens is 1. The molecule has 0 aromatic heterocycles. The fraction of sp³-hybridized carbons (Fsp3) is 0.611. The van der Waals surface area contributed by atoms with Gasteiger partial charge in [0.05, 0.1) is 4.90 Å². The number of hydrogen-bond acceptors (Lipinski definition) is 4. The molecule has 0 saturated carbocycles. The van der Waals surface area contributed by atoms with Gasteiger partial charge in [-0.25, -0.2) is 8.42 Å². The van der Waals surface area contributed by atoms with Crippen LogP contribution in [0.3, 0.4) is 0 Å². The Morgan fingerprint density at radius 1 is 1.19 bits per heavy atom. The molecule has 3 rings (SSSR count). The van der Waals surface area contributed by atoms with Crippen molar-refractivity contribution in [3.63, 3.8) is 0 Å². The molecule has 26 heavy (non-hydrogen) atoms. The summed E-state index contributed by atoms with van der Waals surface area (Å²) in [6.45, 7) is 2.53. The number of nitrogens with one attached hydrogen (secondary N) is 2. The number of sulfonamides is 1. The van der Waals surface area contributed by atoms with Crippen LogP contribution in [0.5, 0.6) is 0 Å². The van der Waals surface area contributed by atoms with E-state index in [1.165, 1.54) is 0 Å². The van der Waals surface area contributed by atoms with Gasteiger partial charge in [-0.2, -0.15) is 4.31 Å². The Kier molecular flexibility index (Phi) is 7.88. The summed E-state index contributed by atoms with van der Waals surface area (Å²) in [5, 5.41) is 6.20. The monoisotopic (exact) mass is 401 g/mol. The van der Waals surface area contributed by atoms with Crippen molar-refractivity contribution in [1.82, 2.24) is 14.9 Å². The van der Waals surface area contributed by atoms with Crippen molar-refractivity contribution in [3.8, 4) is 0 Å². The molecule has 1 aromatic rings. The van der Waals surface area contributed by atoms with E-state index in [1.54, 1.807) is 22.5 Å². The zero-order chi connectivity index (χ0) is 17.7. The first-order chi connectivity index (χ1) is 12.1. The topological polar surface area (TPSA) is 78.5 Å². The van der Waals surface area contributed by atoms with Gasteiger partial charge in [-0.15, -0.1) is 12.4 Å². The van der Waals surface area contributed by atoms with Gasteiger partial charge in [0, 0.05) is 32.1 Å². The van der Waals surface area contributed by atoms with Crippen LogP contribution in [0.25, 0.3) is 0 Å². The summed E-state index contributed by atoms with van der Waals surface area (Å²) in [7, 11) is -3.43. The van der Waals surface area contributed by atoms with Crippen molar-refractivity contribution in [1.29, 1.82) is 0 Å². The highest BCUT2D eigenvalue weighted by molar-refractivity contribution is 7.89. The van der Waals surface area contributed by atoms with E-state index in [1.807, 2.05) is 6.07 Å². The highest BCUT2D eigenvalue weighted by atomic mass is 35.5. The first-order valence-electron chi connectivity index (χ1n) is 9.15. The maximum absolute atomic E-state index is 12.7. The average Bonchev–Trinajstić information content (AvgIpc) is 3.14. The Balaban J connectivity index is 0.00000243. The number of hydrogen-bond donors (Lipinski definition) is 2. The summed E-state index contributed by atoms with van der Waals surface area (Å²) in [6, 6.07) is 7.18. The molecule has 0 bridgehead atoms. The summed E-state index contributed by atoms with van der Waals surface area (Å²) in [6.07, 6.45) is 5.57. The molecule has 2 fully saturated rings. The normalized spacial score (nSPS) is 21.2. The van der Waals surface area contributed by atoms with E-state index in [0.717, 1.165) is 44.2 Å². The largest absolute Gasteiger partial charge is 0.352 e. The number of amides is 1. The molecule has 2 aliphatic rings. The van der Waals surface area contributed by atoms with E-state index in [2.05, 4.69) is 10.6 Å². The van der Waals surface area contributed by atoms with E-state index in [4.69, 9.17) is 0 Å². The Hall–Kier alpha value is -1.15. The van der Waals surface area contributed by atoms with E-state index < -0.39 is 10.0 Å². The maximum atomic E-state index is 12.7. The minimum Gasteiger partial charge on any atom is -0.352 e. The van der Waals surface area contributed by atoms with Gasteiger partial charge in [0.25, 0.3) is 0 Å². The van der Waals surface area contributed by atoms with Crippen LogP contribution >= 0.6 is 12.4 Å². The van der Waals surface area contributed by atoms with Crippen LogP contribution in [-0.4, -0.2) is 44.3 Å². The number of carbonyl (C=O) groups is 1. The molecule has 0 aliphatic carbocycles. The Bertz CT molecular complexity index is 699. The predicted molar refractivity (Wildman–Crippen MR) is 104 cm³/mol. The van der Waals surface area contributed by atoms with Crippen LogP contribution in [0.4, 0.5) is 0 Å². The standard InChI is InChI=1S/C18H27N3O3S.ClH/c22-18(13-16-7-5-9-19-16)20-14-15-6-4-8-17(12-15)25(23,24)21-10-2-1-3-11-21;/h4,6,8,12,16,19H,1-3,5,7,9-11,13-14H2,(H,20,22);1H. The minimum absolute atomic E-state index is 0. The Morgan fingerprint density at radius 2 is 1.96 bits per heavy atom. The van der Waals surface area contributed by atoms with Gasteiger partial charge in [-0.3, -0.25) is 4.79 Å². The van der Waals surface area contributed by atoms with Crippen LogP contribution in [0.1, 0.15) is 44.1 Å². The molecule has 8 heteroatoms. The van der Waals surface area contributed by atoms with E-state index in [0.29, 0.717) is 31.0 Å². The Morgan fingerprint density at radius 3 is 2.65 bits per heavy atom. The Labute approximate surface area is 162 Å². The lowest BCUT2D eigenvalue weighted by atomic mass is 10.1. The fourth-order valence-electron chi connectivity index (χ4n) is 3.50. The number of carbonyl (C=O) groups excluding carboxylic acids is 1. The summed E-state index contributed by atoms with van der Waals surface area (Å²) >= 11 is 0. The van der Waals surface area contributed by atoms with Crippen LogP contribution in [0, 0.1) is 0 Å². The van der Waals surface area contributed by atoms with E-state index in [9.17, 15) is 13.2 Å². The molecule has 1 atom stereocenters. The van der Waals surface area contributed by atoms with Crippen LogP contribution in [0.15, 0.2) is 29.2 Å². The van der Waals surface area contributed by atoms with Gasteiger partial charge in [0.15, 0.2) is 0 Å². The summed E-state index contributed by atoms with van der Waals surface area (Å²) in [5.74, 6) is 0.00342. The van der Waals surface area contributed by atoms with Crippen molar-refractivity contribution >= 4 is 28.3 Å².